The number of aromatic nitrogens is 4. The van der Waals surface area contributed by atoms with Crippen molar-refractivity contribution >= 4 is 17.1 Å². The Bertz CT molecular complexity index is 1090. The molecule has 0 amide bonds. The minimum absolute atomic E-state index is 0.234. The molecule has 7 nitrogen and oxygen atoms in total. The number of benzene rings is 1. The smallest absolute Gasteiger partial charge is 0.416 e. The molecular weight excluding hydrogens is 397 g/mol. The van der Waals surface area contributed by atoms with E-state index in [0.717, 1.165) is 31.6 Å². The Labute approximate surface area is 171 Å². The molecule has 0 saturated carbocycles. The number of alkyl halides is 3. The predicted molar refractivity (Wildman–Crippen MR) is 107 cm³/mol. The van der Waals surface area contributed by atoms with Crippen LogP contribution < -0.4 is 4.90 Å². The summed E-state index contributed by atoms with van der Waals surface area (Å²) in [4.78, 5) is 17.9. The van der Waals surface area contributed by atoms with Gasteiger partial charge in [-0.05, 0) is 44.6 Å². The number of hydrogen-bond donors (Lipinski definition) is 1. The van der Waals surface area contributed by atoms with E-state index in [4.69, 9.17) is 0 Å². The molecule has 1 fully saturated rings. The van der Waals surface area contributed by atoms with Gasteiger partial charge in [0.2, 0.25) is 0 Å². The second-order valence-electron chi connectivity index (χ2n) is 7.87. The van der Waals surface area contributed by atoms with Gasteiger partial charge in [-0.15, -0.1) is 0 Å². The lowest BCUT2D eigenvalue weighted by atomic mass is 10.0. The third kappa shape index (κ3) is 3.45. The van der Waals surface area contributed by atoms with Crippen LogP contribution in [0.2, 0.25) is 0 Å². The number of halogens is 3. The van der Waals surface area contributed by atoms with Gasteiger partial charge < -0.3 is 19.5 Å². The number of hydrogen-bond acceptors (Lipinski definition) is 6. The van der Waals surface area contributed by atoms with Crippen molar-refractivity contribution in [2.24, 2.45) is 7.05 Å². The molecule has 3 heterocycles. The van der Waals surface area contributed by atoms with Crippen LogP contribution >= 0.6 is 0 Å². The van der Waals surface area contributed by atoms with Crippen molar-refractivity contribution in [2.45, 2.75) is 25.6 Å². The van der Waals surface area contributed by atoms with Crippen molar-refractivity contribution in [2.75, 3.05) is 32.1 Å². The molecule has 160 valence electrons. The van der Waals surface area contributed by atoms with Crippen LogP contribution in [-0.4, -0.2) is 62.8 Å². The fourth-order valence-corrected chi connectivity index (χ4v) is 3.98. The molecule has 1 N–H and O–H groups in total. The van der Waals surface area contributed by atoms with E-state index in [2.05, 4.69) is 31.8 Å². The summed E-state index contributed by atoms with van der Waals surface area (Å²) in [5.41, 5.74) is 0.470. The molecule has 1 saturated heterocycles. The molecule has 3 aromatic rings. The highest BCUT2D eigenvalue weighted by Gasteiger charge is 2.32. The standard InChI is InChI=1S/C20H23F3N6O/c1-11-7-12(20(21,22)23)8-14(30)16(11)18-26-17-19(29(18)4)24-9-15(25-17)28(3)13-5-6-27(2)10-13/h7-9,13,30H,5-6,10H2,1-4H3/t13-/m1/s1. The van der Waals surface area contributed by atoms with Gasteiger partial charge in [0.25, 0.3) is 0 Å². The summed E-state index contributed by atoms with van der Waals surface area (Å²) in [7, 11) is 5.74. The van der Waals surface area contributed by atoms with E-state index >= 15 is 0 Å². The lowest BCUT2D eigenvalue weighted by Crippen LogP contribution is -2.34. The average Bonchev–Trinajstić information content (AvgIpc) is 3.23. The van der Waals surface area contributed by atoms with Crippen molar-refractivity contribution in [1.82, 2.24) is 24.4 Å². The van der Waals surface area contributed by atoms with Crippen molar-refractivity contribution in [3.05, 3.63) is 29.5 Å². The molecule has 1 aliphatic rings. The predicted octanol–water partition coefficient (Wildman–Crippen LogP) is 3.20. The molecule has 0 bridgehead atoms. The van der Waals surface area contributed by atoms with Gasteiger partial charge in [0.05, 0.1) is 17.3 Å². The Balaban J connectivity index is 1.76. The Morgan fingerprint density at radius 3 is 2.53 bits per heavy atom. The molecule has 10 heteroatoms. The summed E-state index contributed by atoms with van der Waals surface area (Å²) < 4.78 is 40.8. The number of imidazole rings is 1. The van der Waals surface area contributed by atoms with Crippen LogP contribution in [0.1, 0.15) is 17.5 Å². The summed E-state index contributed by atoms with van der Waals surface area (Å²) in [5, 5.41) is 10.3. The molecule has 4 rings (SSSR count). The molecule has 1 atom stereocenters. The molecule has 1 aliphatic heterocycles. The zero-order valence-electron chi connectivity index (χ0n) is 17.2. The number of phenolic OH excluding ortho intramolecular Hbond substituents is 1. The van der Waals surface area contributed by atoms with Crippen molar-refractivity contribution < 1.29 is 18.3 Å². The first-order chi connectivity index (χ1) is 14.1. The van der Waals surface area contributed by atoms with Crippen LogP contribution in [-0.2, 0) is 13.2 Å². The van der Waals surface area contributed by atoms with Gasteiger partial charge in [0.15, 0.2) is 11.3 Å². The number of rotatable bonds is 3. The monoisotopic (exact) mass is 420 g/mol. The number of phenols is 1. The summed E-state index contributed by atoms with van der Waals surface area (Å²) in [6.45, 7) is 3.47. The third-order valence-corrected chi connectivity index (χ3v) is 5.71. The number of aryl methyl sites for hydroxylation is 2. The number of fused-ring (bicyclic) bond motifs is 1. The lowest BCUT2D eigenvalue weighted by Gasteiger charge is -2.24. The minimum atomic E-state index is -4.54. The molecular formula is C20H23F3N6O. The lowest BCUT2D eigenvalue weighted by molar-refractivity contribution is -0.137. The van der Waals surface area contributed by atoms with E-state index < -0.39 is 17.5 Å². The SMILES string of the molecule is Cc1cc(C(F)(F)F)cc(O)c1-c1nc2nc(N(C)[C@@H]3CCN(C)C3)cnc2n1C. The van der Waals surface area contributed by atoms with Gasteiger partial charge in [-0.1, -0.05) is 0 Å². The van der Waals surface area contributed by atoms with Crippen LogP contribution in [0.3, 0.4) is 0 Å². The molecule has 1 aromatic carbocycles. The Hall–Kier alpha value is -2.88. The Kier molecular flexibility index (Phi) is 4.84. The minimum Gasteiger partial charge on any atom is -0.507 e. The highest BCUT2D eigenvalue weighted by atomic mass is 19.4. The summed E-state index contributed by atoms with van der Waals surface area (Å²) in [5.74, 6) is 0.516. The zero-order valence-corrected chi connectivity index (χ0v) is 17.2. The highest BCUT2D eigenvalue weighted by molar-refractivity contribution is 5.79. The molecule has 0 radical (unpaired) electrons. The van der Waals surface area contributed by atoms with Crippen LogP contribution in [0.5, 0.6) is 5.75 Å². The Morgan fingerprint density at radius 1 is 1.20 bits per heavy atom. The van der Waals surface area contributed by atoms with Gasteiger partial charge >= 0.3 is 6.18 Å². The first-order valence-corrected chi connectivity index (χ1v) is 9.58. The van der Waals surface area contributed by atoms with Crippen molar-refractivity contribution in [3.63, 3.8) is 0 Å². The van der Waals surface area contributed by atoms with Gasteiger partial charge in [-0.2, -0.15) is 13.2 Å². The maximum atomic E-state index is 13.0. The van der Waals surface area contributed by atoms with E-state index in [1.807, 2.05) is 7.05 Å². The van der Waals surface area contributed by atoms with Gasteiger partial charge in [-0.3, -0.25) is 0 Å². The van der Waals surface area contributed by atoms with Gasteiger partial charge in [-0.25, -0.2) is 15.0 Å². The van der Waals surface area contributed by atoms with E-state index in [1.54, 1.807) is 17.8 Å². The van der Waals surface area contributed by atoms with Gasteiger partial charge in [0.1, 0.15) is 17.4 Å². The average molecular weight is 420 g/mol. The second kappa shape index (κ2) is 7.12. The van der Waals surface area contributed by atoms with Gasteiger partial charge in [0, 0.05) is 26.7 Å². The number of anilines is 1. The molecule has 0 unspecified atom stereocenters. The first-order valence-electron chi connectivity index (χ1n) is 9.58. The van der Waals surface area contributed by atoms with E-state index in [0.29, 0.717) is 29.0 Å². The number of likely N-dealkylation sites (tertiary alicyclic amines) is 1. The number of likely N-dealkylation sites (N-methyl/N-ethyl adjacent to an activating group) is 2. The van der Waals surface area contributed by atoms with E-state index in [9.17, 15) is 18.3 Å². The summed E-state index contributed by atoms with van der Waals surface area (Å²) >= 11 is 0. The number of aromatic hydroxyl groups is 1. The van der Waals surface area contributed by atoms with E-state index in [1.165, 1.54) is 6.92 Å². The largest absolute Gasteiger partial charge is 0.507 e. The highest BCUT2D eigenvalue weighted by Crippen LogP contribution is 2.39. The third-order valence-electron chi connectivity index (χ3n) is 5.71. The quantitative estimate of drug-likeness (QED) is 0.702. The van der Waals surface area contributed by atoms with Crippen LogP contribution in [0.4, 0.5) is 19.0 Å². The second-order valence-corrected chi connectivity index (χ2v) is 7.87. The summed E-state index contributed by atoms with van der Waals surface area (Å²) in [6, 6.07) is 2.05. The van der Waals surface area contributed by atoms with E-state index in [-0.39, 0.29) is 11.1 Å². The van der Waals surface area contributed by atoms with Crippen LogP contribution in [0.15, 0.2) is 18.3 Å². The molecule has 0 spiro atoms. The maximum Gasteiger partial charge on any atom is 0.416 e. The fourth-order valence-electron chi connectivity index (χ4n) is 3.98. The molecule has 30 heavy (non-hydrogen) atoms. The maximum absolute atomic E-state index is 13.0. The molecule has 0 aliphatic carbocycles. The number of nitrogens with zero attached hydrogens (tertiary/aromatic N) is 6. The van der Waals surface area contributed by atoms with Crippen molar-refractivity contribution in [1.29, 1.82) is 0 Å². The normalized spacial score (nSPS) is 17.8. The molecule has 2 aromatic heterocycles. The van der Waals surface area contributed by atoms with Crippen molar-refractivity contribution in [3.8, 4) is 17.1 Å². The Morgan fingerprint density at radius 2 is 1.93 bits per heavy atom. The fraction of sp³-hybridized carbons (Fsp3) is 0.450. The topological polar surface area (TPSA) is 70.3 Å². The van der Waals surface area contributed by atoms with Crippen LogP contribution in [0.25, 0.3) is 22.7 Å². The first kappa shape index (κ1) is 20.4. The summed E-state index contributed by atoms with van der Waals surface area (Å²) in [6.07, 6.45) is -1.84. The zero-order chi connectivity index (χ0) is 21.8. The van der Waals surface area contributed by atoms with Crippen LogP contribution in [0, 0.1) is 6.92 Å².